The largest absolute Gasteiger partial charge is 0.353 e. The number of aryl methyl sites for hydroxylation is 1. The van der Waals surface area contributed by atoms with Gasteiger partial charge in [0.1, 0.15) is 5.82 Å². The Bertz CT molecular complexity index is 688. The number of benzene rings is 1. The predicted molar refractivity (Wildman–Crippen MR) is 101 cm³/mol. The first-order chi connectivity index (χ1) is 12.4. The summed E-state index contributed by atoms with van der Waals surface area (Å²) in [5, 5.41) is 6.65. The Morgan fingerprint density at radius 1 is 1.31 bits per heavy atom. The molecule has 1 amide bonds. The Labute approximate surface area is 155 Å². The Morgan fingerprint density at radius 2 is 2.12 bits per heavy atom. The van der Waals surface area contributed by atoms with Crippen LogP contribution in [0.2, 0.25) is 0 Å². The molecular formula is C20H29FN4O. The number of hydrogen-bond donors (Lipinski definition) is 2. The molecule has 0 aliphatic heterocycles. The molecule has 1 aromatic rings. The summed E-state index contributed by atoms with van der Waals surface area (Å²) in [4.78, 5) is 18.1. The second-order valence-corrected chi connectivity index (χ2v) is 7.82. The Hall–Kier alpha value is -2.11. The zero-order valence-corrected chi connectivity index (χ0v) is 15.9. The molecule has 0 spiro atoms. The monoisotopic (exact) mass is 360 g/mol. The SMILES string of the molecule is Cc1ccc(CN=C(NCC(=O)N(C)C)NC2CC3CCC2C3)cc1F. The van der Waals surface area contributed by atoms with Crippen LogP contribution in [-0.2, 0) is 11.3 Å². The van der Waals surface area contributed by atoms with Gasteiger partial charge in [0, 0.05) is 20.1 Å². The molecular weight excluding hydrogens is 331 g/mol. The third-order valence-corrected chi connectivity index (χ3v) is 5.62. The number of fused-ring (bicyclic) bond motifs is 2. The van der Waals surface area contributed by atoms with E-state index < -0.39 is 0 Å². The Morgan fingerprint density at radius 3 is 2.73 bits per heavy atom. The highest BCUT2D eigenvalue weighted by atomic mass is 19.1. The van der Waals surface area contributed by atoms with Gasteiger partial charge in [0.25, 0.3) is 0 Å². The minimum atomic E-state index is -0.212. The number of halogens is 1. The highest BCUT2D eigenvalue weighted by Crippen LogP contribution is 2.44. The number of nitrogens with one attached hydrogen (secondary N) is 2. The van der Waals surface area contributed by atoms with Gasteiger partial charge in [0.05, 0.1) is 13.1 Å². The molecule has 2 aliphatic carbocycles. The minimum absolute atomic E-state index is 0.00572. The van der Waals surface area contributed by atoms with Gasteiger partial charge in [0.2, 0.25) is 5.91 Å². The number of aliphatic imine (C=N–C) groups is 1. The molecule has 2 N–H and O–H groups in total. The van der Waals surface area contributed by atoms with Crippen LogP contribution in [0.4, 0.5) is 4.39 Å². The third-order valence-electron chi connectivity index (χ3n) is 5.62. The minimum Gasteiger partial charge on any atom is -0.353 e. The van der Waals surface area contributed by atoms with E-state index in [-0.39, 0.29) is 18.3 Å². The van der Waals surface area contributed by atoms with E-state index in [1.807, 2.05) is 6.07 Å². The van der Waals surface area contributed by atoms with Gasteiger partial charge in [-0.05, 0) is 55.2 Å². The first-order valence-electron chi connectivity index (χ1n) is 9.42. The van der Waals surface area contributed by atoms with Crippen molar-refractivity contribution in [2.24, 2.45) is 16.8 Å². The Balaban J connectivity index is 1.66. The van der Waals surface area contributed by atoms with Crippen molar-refractivity contribution in [1.29, 1.82) is 0 Å². The summed E-state index contributed by atoms with van der Waals surface area (Å²) >= 11 is 0. The maximum Gasteiger partial charge on any atom is 0.241 e. The van der Waals surface area contributed by atoms with Gasteiger partial charge >= 0.3 is 0 Å². The lowest BCUT2D eigenvalue weighted by molar-refractivity contribution is -0.127. The van der Waals surface area contributed by atoms with Crippen molar-refractivity contribution in [2.75, 3.05) is 20.6 Å². The topological polar surface area (TPSA) is 56.7 Å². The van der Waals surface area contributed by atoms with Gasteiger partial charge in [0.15, 0.2) is 5.96 Å². The van der Waals surface area contributed by atoms with Gasteiger partial charge in [-0.3, -0.25) is 4.79 Å². The lowest BCUT2D eigenvalue weighted by atomic mass is 9.95. The fraction of sp³-hybridized carbons (Fsp3) is 0.600. The zero-order chi connectivity index (χ0) is 18.7. The van der Waals surface area contributed by atoms with Crippen LogP contribution in [-0.4, -0.2) is 43.4 Å². The average molecular weight is 360 g/mol. The zero-order valence-electron chi connectivity index (χ0n) is 15.9. The van der Waals surface area contributed by atoms with Crippen LogP contribution in [0.1, 0.15) is 36.8 Å². The van der Waals surface area contributed by atoms with Crippen LogP contribution < -0.4 is 10.6 Å². The van der Waals surface area contributed by atoms with Crippen molar-refractivity contribution in [3.8, 4) is 0 Å². The molecule has 1 aromatic carbocycles. The molecule has 0 heterocycles. The molecule has 5 nitrogen and oxygen atoms in total. The molecule has 6 heteroatoms. The quantitative estimate of drug-likeness (QED) is 0.626. The second kappa shape index (κ2) is 8.06. The molecule has 0 saturated heterocycles. The molecule has 2 fully saturated rings. The first-order valence-corrected chi connectivity index (χ1v) is 9.42. The van der Waals surface area contributed by atoms with Crippen molar-refractivity contribution in [3.63, 3.8) is 0 Å². The molecule has 142 valence electrons. The van der Waals surface area contributed by atoms with E-state index in [1.165, 1.54) is 31.7 Å². The number of hydrogen-bond acceptors (Lipinski definition) is 2. The van der Waals surface area contributed by atoms with Crippen LogP contribution in [0.3, 0.4) is 0 Å². The summed E-state index contributed by atoms with van der Waals surface area (Å²) in [5.74, 6) is 1.95. The molecule has 3 rings (SSSR count). The van der Waals surface area contributed by atoms with Crippen molar-refractivity contribution < 1.29 is 9.18 Å². The molecule has 3 atom stereocenters. The van der Waals surface area contributed by atoms with E-state index >= 15 is 0 Å². The average Bonchev–Trinajstić information content (AvgIpc) is 3.22. The molecule has 26 heavy (non-hydrogen) atoms. The number of likely N-dealkylation sites (N-methyl/N-ethyl adjacent to an activating group) is 1. The molecule has 2 saturated carbocycles. The summed E-state index contributed by atoms with van der Waals surface area (Å²) in [5.41, 5.74) is 1.45. The van der Waals surface area contributed by atoms with E-state index in [0.29, 0.717) is 30.0 Å². The summed E-state index contributed by atoms with van der Waals surface area (Å²) in [6.45, 7) is 2.32. The second-order valence-electron chi connectivity index (χ2n) is 7.82. The fourth-order valence-electron chi connectivity index (χ4n) is 3.97. The van der Waals surface area contributed by atoms with E-state index in [2.05, 4.69) is 15.6 Å². The van der Waals surface area contributed by atoms with Crippen molar-refractivity contribution in [3.05, 3.63) is 35.1 Å². The number of nitrogens with zero attached hydrogens (tertiary/aromatic N) is 2. The van der Waals surface area contributed by atoms with Crippen LogP contribution in [0.15, 0.2) is 23.2 Å². The summed E-state index contributed by atoms with van der Waals surface area (Å²) in [6, 6.07) is 5.61. The van der Waals surface area contributed by atoms with E-state index in [0.717, 1.165) is 11.5 Å². The number of carbonyl (C=O) groups is 1. The summed E-state index contributed by atoms with van der Waals surface area (Å²) < 4.78 is 13.7. The normalized spacial score (nSPS) is 24.6. The lowest BCUT2D eigenvalue weighted by Crippen LogP contribution is -2.48. The molecule has 2 aliphatic rings. The van der Waals surface area contributed by atoms with Crippen molar-refractivity contribution in [1.82, 2.24) is 15.5 Å². The van der Waals surface area contributed by atoms with Crippen molar-refractivity contribution in [2.45, 2.75) is 45.2 Å². The van der Waals surface area contributed by atoms with Gasteiger partial charge in [-0.15, -0.1) is 0 Å². The van der Waals surface area contributed by atoms with Gasteiger partial charge < -0.3 is 15.5 Å². The molecule has 3 unspecified atom stereocenters. The van der Waals surface area contributed by atoms with Gasteiger partial charge in [-0.25, -0.2) is 9.38 Å². The van der Waals surface area contributed by atoms with E-state index in [1.54, 1.807) is 32.0 Å². The maximum atomic E-state index is 13.7. The Kier molecular flexibility index (Phi) is 5.79. The first kappa shape index (κ1) is 18.7. The highest BCUT2D eigenvalue weighted by molar-refractivity contribution is 5.86. The van der Waals surface area contributed by atoms with E-state index in [4.69, 9.17) is 0 Å². The number of guanidine groups is 1. The third kappa shape index (κ3) is 4.54. The van der Waals surface area contributed by atoms with Gasteiger partial charge in [-0.2, -0.15) is 0 Å². The predicted octanol–water partition coefficient (Wildman–Crippen LogP) is 2.45. The summed E-state index contributed by atoms with van der Waals surface area (Å²) in [7, 11) is 3.47. The molecule has 0 radical (unpaired) electrons. The standard InChI is InChI=1S/C20H29FN4O/c1-13-4-5-15(9-17(13)21)11-22-20(23-12-19(26)25(2)3)24-18-10-14-6-7-16(18)8-14/h4-5,9,14,16,18H,6-8,10-12H2,1-3H3,(H2,22,23,24). The number of carbonyl (C=O) groups excluding carboxylic acids is 1. The summed E-state index contributed by atoms with van der Waals surface area (Å²) in [6.07, 6.45) is 5.08. The van der Waals surface area contributed by atoms with Crippen LogP contribution in [0, 0.1) is 24.6 Å². The molecule has 2 bridgehead atoms. The van der Waals surface area contributed by atoms with Crippen LogP contribution in [0.5, 0.6) is 0 Å². The van der Waals surface area contributed by atoms with Crippen molar-refractivity contribution >= 4 is 11.9 Å². The highest BCUT2D eigenvalue weighted by Gasteiger charge is 2.39. The van der Waals surface area contributed by atoms with Gasteiger partial charge in [-0.1, -0.05) is 18.6 Å². The fourth-order valence-corrected chi connectivity index (χ4v) is 3.97. The van der Waals surface area contributed by atoms with E-state index in [9.17, 15) is 9.18 Å². The number of rotatable bonds is 5. The lowest BCUT2D eigenvalue weighted by Gasteiger charge is -2.25. The number of amides is 1. The van der Waals surface area contributed by atoms with Crippen LogP contribution >= 0.6 is 0 Å². The van der Waals surface area contributed by atoms with Crippen LogP contribution in [0.25, 0.3) is 0 Å². The maximum absolute atomic E-state index is 13.7. The molecule has 0 aromatic heterocycles. The smallest absolute Gasteiger partial charge is 0.241 e.